The normalized spacial score (nSPS) is 16.4. The fourth-order valence-electron chi connectivity index (χ4n) is 3.11. The summed E-state index contributed by atoms with van der Waals surface area (Å²) in [5.41, 5.74) is 2.92. The number of amidine groups is 1. The summed E-state index contributed by atoms with van der Waals surface area (Å²) < 4.78 is 11.3. The lowest BCUT2D eigenvalue weighted by molar-refractivity contribution is -0.122. The molecule has 1 amide bonds. The smallest absolute Gasteiger partial charge is 0.266 e. The van der Waals surface area contributed by atoms with E-state index in [1.807, 2.05) is 55.5 Å². The first-order valence-corrected chi connectivity index (χ1v) is 11.5. The Hall–Kier alpha value is -2.73. The number of aliphatic imine (C=N–C) groups is 1. The van der Waals surface area contributed by atoms with Crippen molar-refractivity contribution in [2.75, 3.05) is 20.3 Å². The number of carbonyl (C=O) groups excluding carboxylic acids is 1. The average molecular weight is 439 g/mol. The molecule has 0 unspecified atom stereocenters. The van der Waals surface area contributed by atoms with Gasteiger partial charge < -0.3 is 9.47 Å². The van der Waals surface area contributed by atoms with E-state index in [4.69, 9.17) is 14.5 Å². The van der Waals surface area contributed by atoms with Crippen LogP contribution in [-0.2, 0) is 4.79 Å². The predicted molar refractivity (Wildman–Crippen MR) is 129 cm³/mol. The first-order chi connectivity index (χ1) is 15.0. The summed E-state index contributed by atoms with van der Waals surface area (Å²) in [6.07, 6.45) is 4.83. The van der Waals surface area contributed by atoms with Crippen LogP contribution in [0.3, 0.4) is 0 Å². The average Bonchev–Trinajstić information content (AvgIpc) is 3.05. The summed E-state index contributed by atoms with van der Waals surface area (Å²) in [4.78, 5) is 20.2. The second-order valence-corrected chi connectivity index (χ2v) is 8.42. The molecule has 1 heterocycles. The molecule has 0 aromatic heterocycles. The second kappa shape index (κ2) is 11.0. The number of ether oxygens (including phenoxy) is 2. The van der Waals surface area contributed by atoms with E-state index in [-0.39, 0.29) is 5.91 Å². The second-order valence-electron chi connectivity index (χ2n) is 7.41. The molecule has 2 aromatic carbocycles. The van der Waals surface area contributed by atoms with Gasteiger partial charge in [0.2, 0.25) is 0 Å². The third-order valence-electron chi connectivity index (χ3n) is 4.83. The number of benzene rings is 2. The van der Waals surface area contributed by atoms with Crippen LogP contribution >= 0.6 is 11.8 Å². The van der Waals surface area contributed by atoms with Crippen molar-refractivity contribution in [3.63, 3.8) is 0 Å². The van der Waals surface area contributed by atoms with Gasteiger partial charge in [-0.1, -0.05) is 44.0 Å². The zero-order valence-electron chi connectivity index (χ0n) is 18.7. The van der Waals surface area contributed by atoms with Crippen LogP contribution in [0.4, 0.5) is 5.69 Å². The van der Waals surface area contributed by atoms with Crippen LogP contribution < -0.4 is 9.47 Å². The van der Waals surface area contributed by atoms with Gasteiger partial charge in [0.1, 0.15) is 0 Å². The topological polar surface area (TPSA) is 51.1 Å². The number of amides is 1. The van der Waals surface area contributed by atoms with Crippen LogP contribution in [0.2, 0.25) is 0 Å². The molecule has 1 fully saturated rings. The number of rotatable bonds is 9. The van der Waals surface area contributed by atoms with Gasteiger partial charge in [-0.15, -0.1) is 0 Å². The highest BCUT2D eigenvalue weighted by atomic mass is 32.2. The Labute approximate surface area is 189 Å². The minimum Gasteiger partial charge on any atom is -0.493 e. The quantitative estimate of drug-likeness (QED) is 0.346. The standard InChI is InChI=1S/C25H30N2O3S/c1-5-7-15-30-21-13-10-19(16-22(21)29-4)17-23-24(28)27(14-6-2)25(31-23)26-20-11-8-18(3)9-12-20/h8-13,16-17H,5-7,14-15H2,1-4H3/b23-17+,26-25?. The molecule has 0 atom stereocenters. The molecule has 0 spiro atoms. The Balaban J connectivity index is 1.86. The lowest BCUT2D eigenvalue weighted by Crippen LogP contribution is -2.29. The zero-order chi connectivity index (χ0) is 22.2. The number of aryl methyl sites for hydroxylation is 1. The van der Waals surface area contributed by atoms with Crippen LogP contribution in [-0.4, -0.2) is 36.2 Å². The van der Waals surface area contributed by atoms with Crippen molar-refractivity contribution in [2.45, 2.75) is 40.0 Å². The van der Waals surface area contributed by atoms with Crippen molar-refractivity contribution in [1.29, 1.82) is 0 Å². The van der Waals surface area contributed by atoms with Gasteiger partial charge in [-0.05, 0) is 67.4 Å². The van der Waals surface area contributed by atoms with E-state index >= 15 is 0 Å². The molecule has 0 aliphatic carbocycles. The SMILES string of the molecule is CCCCOc1ccc(/C=C2/SC(=Nc3ccc(C)cc3)N(CCC)C2=O)cc1OC. The number of hydrogen-bond donors (Lipinski definition) is 0. The van der Waals surface area contributed by atoms with Crippen molar-refractivity contribution in [2.24, 2.45) is 4.99 Å². The van der Waals surface area contributed by atoms with Crippen LogP contribution in [0.5, 0.6) is 11.5 Å². The molecule has 164 valence electrons. The lowest BCUT2D eigenvalue weighted by Gasteiger charge is -2.14. The van der Waals surface area contributed by atoms with Gasteiger partial charge >= 0.3 is 0 Å². The highest BCUT2D eigenvalue weighted by Crippen LogP contribution is 2.36. The lowest BCUT2D eigenvalue weighted by atomic mass is 10.2. The molecule has 0 bridgehead atoms. The Morgan fingerprint density at radius 2 is 1.84 bits per heavy atom. The summed E-state index contributed by atoms with van der Waals surface area (Å²) in [6, 6.07) is 13.8. The zero-order valence-corrected chi connectivity index (χ0v) is 19.5. The summed E-state index contributed by atoms with van der Waals surface area (Å²) in [5.74, 6) is 1.37. The van der Waals surface area contributed by atoms with Crippen molar-refractivity contribution in [3.05, 3.63) is 58.5 Å². The van der Waals surface area contributed by atoms with Crippen molar-refractivity contribution < 1.29 is 14.3 Å². The molecule has 3 rings (SSSR count). The van der Waals surface area contributed by atoms with Crippen molar-refractivity contribution in [1.82, 2.24) is 4.90 Å². The fourth-order valence-corrected chi connectivity index (χ4v) is 4.14. The summed E-state index contributed by atoms with van der Waals surface area (Å²) in [5, 5.41) is 0.716. The Morgan fingerprint density at radius 3 is 2.52 bits per heavy atom. The van der Waals surface area contributed by atoms with E-state index in [0.717, 1.165) is 36.3 Å². The number of thioether (sulfide) groups is 1. The van der Waals surface area contributed by atoms with E-state index in [2.05, 4.69) is 13.8 Å². The number of carbonyl (C=O) groups is 1. The predicted octanol–water partition coefficient (Wildman–Crippen LogP) is 6.20. The van der Waals surface area contributed by atoms with Crippen LogP contribution in [0.15, 0.2) is 52.4 Å². The monoisotopic (exact) mass is 438 g/mol. The highest BCUT2D eigenvalue weighted by Gasteiger charge is 2.32. The van der Waals surface area contributed by atoms with E-state index in [1.165, 1.54) is 17.3 Å². The molecule has 6 heteroatoms. The molecule has 5 nitrogen and oxygen atoms in total. The minimum absolute atomic E-state index is 0.0139. The van der Waals surface area contributed by atoms with E-state index < -0.39 is 0 Å². The van der Waals surface area contributed by atoms with Crippen molar-refractivity contribution in [3.8, 4) is 11.5 Å². The molecule has 0 N–H and O–H groups in total. The van der Waals surface area contributed by atoms with Gasteiger partial charge in [0.05, 0.1) is 24.3 Å². The molecule has 0 saturated carbocycles. The van der Waals surface area contributed by atoms with Gasteiger partial charge in [0.15, 0.2) is 16.7 Å². The summed E-state index contributed by atoms with van der Waals surface area (Å²) >= 11 is 1.41. The van der Waals surface area contributed by atoms with Crippen LogP contribution in [0, 0.1) is 6.92 Å². The highest BCUT2D eigenvalue weighted by molar-refractivity contribution is 8.18. The van der Waals surface area contributed by atoms with Gasteiger partial charge in [-0.25, -0.2) is 4.99 Å². The van der Waals surface area contributed by atoms with Gasteiger partial charge in [-0.3, -0.25) is 9.69 Å². The van der Waals surface area contributed by atoms with Gasteiger partial charge in [0.25, 0.3) is 5.91 Å². The van der Waals surface area contributed by atoms with E-state index in [9.17, 15) is 4.79 Å². The Bertz CT molecular complexity index is 967. The minimum atomic E-state index is -0.0139. The maximum Gasteiger partial charge on any atom is 0.266 e. The molecule has 1 saturated heterocycles. The summed E-state index contributed by atoms with van der Waals surface area (Å²) in [6.45, 7) is 7.53. The molecule has 1 aliphatic heterocycles. The fraction of sp³-hybridized carbons (Fsp3) is 0.360. The van der Waals surface area contributed by atoms with Crippen LogP contribution in [0.1, 0.15) is 44.2 Å². The molecule has 1 aliphatic rings. The number of nitrogens with zero attached hydrogens (tertiary/aromatic N) is 2. The number of methoxy groups -OCH3 is 1. The molecule has 2 aromatic rings. The maximum atomic E-state index is 13.1. The van der Waals surface area contributed by atoms with E-state index in [0.29, 0.717) is 29.0 Å². The maximum absolute atomic E-state index is 13.1. The molecular weight excluding hydrogens is 408 g/mol. The van der Waals surface area contributed by atoms with Gasteiger partial charge in [-0.2, -0.15) is 0 Å². The largest absolute Gasteiger partial charge is 0.493 e. The molecule has 0 radical (unpaired) electrons. The van der Waals surface area contributed by atoms with E-state index in [1.54, 1.807) is 12.0 Å². The van der Waals surface area contributed by atoms with Crippen LogP contribution in [0.25, 0.3) is 6.08 Å². The molecular formula is C25H30N2O3S. The number of hydrogen-bond acceptors (Lipinski definition) is 5. The number of unbranched alkanes of at least 4 members (excludes halogenated alkanes) is 1. The summed E-state index contributed by atoms with van der Waals surface area (Å²) in [7, 11) is 1.63. The Morgan fingerprint density at radius 1 is 1.06 bits per heavy atom. The van der Waals surface area contributed by atoms with Crippen molar-refractivity contribution >= 4 is 34.6 Å². The first kappa shape index (κ1) is 22.9. The third kappa shape index (κ3) is 5.91. The van der Waals surface area contributed by atoms with Gasteiger partial charge in [0, 0.05) is 6.54 Å². The Kier molecular flexibility index (Phi) is 8.18. The molecule has 31 heavy (non-hydrogen) atoms. The first-order valence-electron chi connectivity index (χ1n) is 10.7. The third-order valence-corrected chi connectivity index (χ3v) is 5.84.